The molecule has 1 heterocycles. The van der Waals surface area contributed by atoms with Crippen LogP contribution in [0.4, 0.5) is 20.6 Å². The third kappa shape index (κ3) is 5.31. The minimum atomic E-state index is -0.649. The van der Waals surface area contributed by atoms with Gasteiger partial charge in [-0.3, -0.25) is 0 Å². The second-order valence-electron chi connectivity index (χ2n) is 6.59. The molecule has 162 valence electrons. The molecule has 0 radical (unpaired) electrons. The minimum absolute atomic E-state index is 0.0899. The lowest BCUT2D eigenvalue weighted by Gasteiger charge is -2.29. The minimum Gasteiger partial charge on any atom is -0.463 e. The van der Waals surface area contributed by atoms with Crippen molar-refractivity contribution in [1.29, 1.82) is 0 Å². The average Bonchev–Trinajstić information content (AvgIpc) is 2.71. The van der Waals surface area contributed by atoms with E-state index in [1.807, 2.05) is 0 Å². The van der Waals surface area contributed by atoms with Crippen molar-refractivity contribution in [3.05, 3.63) is 70.1 Å². The van der Waals surface area contributed by atoms with Gasteiger partial charge in [0.15, 0.2) is 5.11 Å². The lowest BCUT2D eigenvalue weighted by atomic mass is 9.95. The van der Waals surface area contributed by atoms with Gasteiger partial charge in [0.1, 0.15) is 5.82 Å². The number of hydrogen-bond donors (Lipinski definition) is 4. The number of hydrogen-bond acceptors (Lipinski definition) is 4. The number of halogens is 2. The summed E-state index contributed by atoms with van der Waals surface area (Å²) in [4.78, 5) is 24.6. The number of rotatable bonds is 5. The number of carbonyl (C=O) groups is 2. The number of carbonyl (C=O) groups excluding carboxylic acids is 2. The second-order valence-corrected chi connectivity index (χ2v) is 7.40. The number of para-hydroxylation sites is 1. The predicted octanol–water partition coefficient (Wildman–Crippen LogP) is 4.48. The standard InChI is InChI=1S/C21H20ClFN4O3S/c1-3-30-19(28)16-11(2)24-21(31)27-17(16)12-7-9-13(10-8-12)25-20(29)26-18-14(22)5-4-6-15(18)23/h4-10,17H,3H2,1-2H3,(H2,24,27,31)(H2,25,26,29). The maximum absolute atomic E-state index is 13.8. The van der Waals surface area contributed by atoms with Gasteiger partial charge >= 0.3 is 12.0 Å². The Morgan fingerprint density at radius 1 is 1.19 bits per heavy atom. The molecule has 4 N–H and O–H groups in total. The third-order valence-electron chi connectivity index (χ3n) is 4.47. The van der Waals surface area contributed by atoms with Crippen LogP contribution in [0.25, 0.3) is 0 Å². The van der Waals surface area contributed by atoms with Crippen LogP contribution < -0.4 is 21.3 Å². The van der Waals surface area contributed by atoms with Crippen molar-refractivity contribution in [2.24, 2.45) is 0 Å². The topological polar surface area (TPSA) is 91.5 Å². The summed E-state index contributed by atoms with van der Waals surface area (Å²) in [6.07, 6.45) is 0. The van der Waals surface area contributed by atoms with Crippen molar-refractivity contribution >= 4 is 52.3 Å². The maximum Gasteiger partial charge on any atom is 0.338 e. The number of urea groups is 1. The van der Waals surface area contributed by atoms with E-state index in [0.29, 0.717) is 22.1 Å². The van der Waals surface area contributed by atoms with Crippen LogP contribution in [0.1, 0.15) is 25.5 Å². The maximum atomic E-state index is 13.8. The molecular weight excluding hydrogens is 443 g/mol. The molecule has 2 aromatic rings. The predicted molar refractivity (Wildman–Crippen MR) is 121 cm³/mol. The Balaban J connectivity index is 1.76. The van der Waals surface area contributed by atoms with Gasteiger partial charge in [0.2, 0.25) is 0 Å². The molecule has 0 bridgehead atoms. The molecule has 2 aromatic carbocycles. The number of nitrogens with one attached hydrogen (secondary N) is 4. The summed E-state index contributed by atoms with van der Waals surface area (Å²) in [5.41, 5.74) is 2.13. The number of benzene rings is 2. The molecule has 1 atom stereocenters. The molecule has 0 aliphatic carbocycles. The molecule has 2 amide bonds. The van der Waals surface area contributed by atoms with Crippen LogP contribution >= 0.6 is 23.8 Å². The number of esters is 1. The molecule has 1 aliphatic rings. The molecule has 0 fully saturated rings. The fourth-order valence-electron chi connectivity index (χ4n) is 3.08. The van der Waals surface area contributed by atoms with Gasteiger partial charge < -0.3 is 26.0 Å². The highest BCUT2D eigenvalue weighted by Gasteiger charge is 2.30. The monoisotopic (exact) mass is 462 g/mol. The Morgan fingerprint density at radius 2 is 1.90 bits per heavy atom. The third-order valence-corrected chi connectivity index (χ3v) is 5.00. The van der Waals surface area contributed by atoms with Crippen LogP contribution in [0.15, 0.2) is 53.7 Å². The molecule has 0 saturated heterocycles. The van der Waals surface area contributed by atoms with Crippen LogP contribution in [0.5, 0.6) is 0 Å². The lowest BCUT2D eigenvalue weighted by molar-refractivity contribution is -0.139. The van der Waals surface area contributed by atoms with Crippen molar-refractivity contribution in [2.45, 2.75) is 19.9 Å². The Morgan fingerprint density at radius 3 is 2.55 bits per heavy atom. The Bertz CT molecular complexity index is 1040. The zero-order valence-corrected chi connectivity index (χ0v) is 18.3. The zero-order valence-electron chi connectivity index (χ0n) is 16.7. The van der Waals surface area contributed by atoms with E-state index >= 15 is 0 Å². The fraction of sp³-hybridized carbons (Fsp3) is 0.190. The normalized spacial score (nSPS) is 15.6. The van der Waals surface area contributed by atoms with Crippen molar-refractivity contribution in [2.75, 3.05) is 17.2 Å². The number of amides is 2. The number of allylic oxidation sites excluding steroid dienone is 1. The van der Waals surface area contributed by atoms with Crippen molar-refractivity contribution in [3.8, 4) is 0 Å². The molecule has 0 saturated carbocycles. The molecule has 0 spiro atoms. The summed E-state index contributed by atoms with van der Waals surface area (Å²) in [5.74, 6) is -1.09. The van der Waals surface area contributed by atoms with E-state index in [4.69, 9.17) is 28.6 Å². The SMILES string of the molecule is CCOC(=O)C1=C(C)NC(=S)NC1c1ccc(NC(=O)Nc2c(F)cccc2Cl)cc1. The van der Waals surface area contributed by atoms with Crippen molar-refractivity contribution in [3.63, 3.8) is 0 Å². The first-order chi connectivity index (χ1) is 14.8. The summed E-state index contributed by atoms with van der Waals surface area (Å²) in [6, 6.07) is 9.75. The van der Waals surface area contributed by atoms with Crippen molar-refractivity contribution in [1.82, 2.24) is 10.6 Å². The van der Waals surface area contributed by atoms with Gasteiger partial charge in [0.25, 0.3) is 0 Å². The molecule has 7 nitrogen and oxygen atoms in total. The Kier molecular flexibility index (Phi) is 7.09. The van der Waals surface area contributed by atoms with E-state index < -0.39 is 23.9 Å². The first-order valence-corrected chi connectivity index (χ1v) is 10.2. The van der Waals surface area contributed by atoms with E-state index in [-0.39, 0.29) is 17.3 Å². The molecule has 31 heavy (non-hydrogen) atoms. The van der Waals surface area contributed by atoms with Crippen LogP contribution in [-0.2, 0) is 9.53 Å². The summed E-state index contributed by atoms with van der Waals surface area (Å²) < 4.78 is 19.0. The van der Waals surface area contributed by atoms with Crippen molar-refractivity contribution < 1.29 is 18.7 Å². The van der Waals surface area contributed by atoms with E-state index in [2.05, 4.69) is 21.3 Å². The molecule has 3 rings (SSSR count). The fourth-order valence-corrected chi connectivity index (χ4v) is 3.56. The van der Waals surface area contributed by atoms with E-state index in [0.717, 1.165) is 5.56 Å². The highest BCUT2D eigenvalue weighted by atomic mass is 35.5. The summed E-state index contributed by atoms with van der Waals surface area (Å²) in [6.45, 7) is 3.73. The van der Waals surface area contributed by atoms with E-state index in [1.165, 1.54) is 18.2 Å². The van der Waals surface area contributed by atoms with Gasteiger partial charge in [-0.1, -0.05) is 29.8 Å². The second kappa shape index (κ2) is 9.76. The highest BCUT2D eigenvalue weighted by molar-refractivity contribution is 7.80. The van der Waals surface area contributed by atoms with Gasteiger partial charge in [-0.05, 0) is 55.9 Å². The highest BCUT2D eigenvalue weighted by Crippen LogP contribution is 2.29. The molecule has 1 unspecified atom stereocenters. The smallest absolute Gasteiger partial charge is 0.338 e. The van der Waals surface area contributed by atoms with Gasteiger partial charge in [-0.25, -0.2) is 14.0 Å². The first kappa shape index (κ1) is 22.5. The largest absolute Gasteiger partial charge is 0.463 e. The first-order valence-electron chi connectivity index (χ1n) is 9.37. The van der Waals surface area contributed by atoms with Crippen LogP contribution in [0, 0.1) is 5.82 Å². The summed E-state index contributed by atoms with van der Waals surface area (Å²) >= 11 is 11.1. The zero-order chi connectivity index (χ0) is 22.5. The quantitative estimate of drug-likeness (QED) is 0.387. The molecule has 0 aromatic heterocycles. The van der Waals surface area contributed by atoms with E-state index in [9.17, 15) is 14.0 Å². The molecule has 1 aliphatic heterocycles. The van der Waals surface area contributed by atoms with E-state index in [1.54, 1.807) is 38.1 Å². The summed E-state index contributed by atoms with van der Waals surface area (Å²) in [7, 11) is 0. The average molecular weight is 463 g/mol. The van der Waals surface area contributed by atoms with Gasteiger partial charge in [0, 0.05) is 11.4 Å². The van der Waals surface area contributed by atoms with Gasteiger partial charge in [-0.2, -0.15) is 0 Å². The molecular formula is C21H20ClFN4O3S. The summed E-state index contributed by atoms with van der Waals surface area (Å²) in [5, 5.41) is 11.5. The Labute approximate surface area is 189 Å². The number of anilines is 2. The van der Waals surface area contributed by atoms with Crippen LogP contribution in [0.2, 0.25) is 5.02 Å². The Hall–Kier alpha value is -3.17. The molecule has 10 heteroatoms. The lowest BCUT2D eigenvalue weighted by Crippen LogP contribution is -2.45. The van der Waals surface area contributed by atoms with Gasteiger partial charge in [0.05, 0.1) is 28.9 Å². The van der Waals surface area contributed by atoms with Crippen LogP contribution in [-0.4, -0.2) is 23.7 Å². The van der Waals surface area contributed by atoms with Crippen LogP contribution in [0.3, 0.4) is 0 Å². The van der Waals surface area contributed by atoms with Gasteiger partial charge in [-0.15, -0.1) is 0 Å². The number of ether oxygens (including phenoxy) is 1. The number of thiocarbonyl (C=S) groups is 1.